The van der Waals surface area contributed by atoms with Crippen molar-refractivity contribution in [1.29, 1.82) is 0 Å². The molecule has 20 heavy (non-hydrogen) atoms. The van der Waals surface area contributed by atoms with Crippen LogP contribution in [0.3, 0.4) is 0 Å². The van der Waals surface area contributed by atoms with Crippen molar-refractivity contribution in [2.24, 2.45) is 7.05 Å². The lowest BCUT2D eigenvalue weighted by molar-refractivity contribution is 0.0939. The average molecular weight is 274 g/mol. The standard InChI is InChI=1S/C15H15FN2O2/c1-10(11-4-3-5-13(16)8-11)17-15(20)12-6-7-18(2)14(19)9-12/h3-10H,1-2H3,(H,17,20). The lowest BCUT2D eigenvalue weighted by Gasteiger charge is -2.14. The van der Waals surface area contributed by atoms with Crippen molar-refractivity contribution in [3.63, 3.8) is 0 Å². The Morgan fingerprint density at radius 2 is 2.05 bits per heavy atom. The molecule has 1 N–H and O–H groups in total. The maximum Gasteiger partial charge on any atom is 0.252 e. The predicted octanol–water partition coefficient (Wildman–Crippen LogP) is 2.02. The van der Waals surface area contributed by atoms with E-state index in [1.807, 2.05) is 0 Å². The maximum absolute atomic E-state index is 13.1. The van der Waals surface area contributed by atoms with E-state index in [1.165, 1.54) is 29.0 Å². The summed E-state index contributed by atoms with van der Waals surface area (Å²) in [5.74, 6) is -0.711. The van der Waals surface area contributed by atoms with Gasteiger partial charge in [-0.2, -0.15) is 0 Å². The number of pyridine rings is 1. The van der Waals surface area contributed by atoms with Gasteiger partial charge in [0.2, 0.25) is 0 Å². The molecule has 2 aromatic rings. The van der Waals surface area contributed by atoms with Crippen LogP contribution in [0, 0.1) is 5.82 Å². The summed E-state index contributed by atoms with van der Waals surface area (Å²) in [4.78, 5) is 23.5. The molecule has 0 radical (unpaired) electrons. The van der Waals surface area contributed by atoms with Crippen LogP contribution in [0.4, 0.5) is 4.39 Å². The topological polar surface area (TPSA) is 51.1 Å². The zero-order chi connectivity index (χ0) is 14.7. The van der Waals surface area contributed by atoms with Crippen LogP contribution in [0.1, 0.15) is 28.9 Å². The highest BCUT2D eigenvalue weighted by molar-refractivity contribution is 5.94. The largest absolute Gasteiger partial charge is 0.346 e. The van der Waals surface area contributed by atoms with E-state index < -0.39 is 0 Å². The van der Waals surface area contributed by atoms with Gasteiger partial charge in [0, 0.05) is 24.9 Å². The molecule has 0 aliphatic rings. The molecule has 1 aromatic carbocycles. The molecule has 2 rings (SSSR count). The van der Waals surface area contributed by atoms with E-state index >= 15 is 0 Å². The minimum absolute atomic E-state index is 0.254. The SMILES string of the molecule is CC(NC(=O)c1ccn(C)c(=O)c1)c1cccc(F)c1. The van der Waals surface area contributed by atoms with Crippen LogP contribution in [-0.2, 0) is 7.05 Å². The molecule has 0 saturated heterocycles. The third-order valence-corrected chi connectivity index (χ3v) is 3.06. The van der Waals surface area contributed by atoms with Crippen molar-refractivity contribution in [3.8, 4) is 0 Å². The van der Waals surface area contributed by atoms with Crippen molar-refractivity contribution in [2.75, 3.05) is 0 Å². The van der Waals surface area contributed by atoms with Gasteiger partial charge in [-0.1, -0.05) is 12.1 Å². The number of halogens is 1. The first-order chi connectivity index (χ1) is 9.47. The molecule has 0 aliphatic heterocycles. The Bertz CT molecular complexity index is 694. The van der Waals surface area contributed by atoms with Gasteiger partial charge in [0.25, 0.3) is 11.5 Å². The Kier molecular flexibility index (Phi) is 3.98. The molecule has 0 saturated carbocycles. The van der Waals surface area contributed by atoms with Crippen LogP contribution in [0.25, 0.3) is 0 Å². The fraction of sp³-hybridized carbons (Fsp3) is 0.200. The summed E-state index contributed by atoms with van der Waals surface area (Å²) in [6, 6.07) is 8.53. The average Bonchev–Trinajstić information content (AvgIpc) is 2.41. The number of hydrogen-bond donors (Lipinski definition) is 1. The quantitative estimate of drug-likeness (QED) is 0.931. The third-order valence-electron chi connectivity index (χ3n) is 3.06. The molecular formula is C15H15FN2O2. The van der Waals surface area contributed by atoms with E-state index in [0.717, 1.165) is 0 Å². The van der Waals surface area contributed by atoms with Crippen molar-refractivity contribution in [3.05, 3.63) is 69.9 Å². The highest BCUT2D eigenvalue weighted by Crippen LogP contribution is 2.14. The molecular weight excluding hydrogens is 259 g/mol. The molecule has 0 fully saturated rings. The Morgan fingerprint density at radius 3 is 2.70 bits per heavy atom. The van der Waals surface area contributed by atoms with Crippen LogP contribution in [0.5, 0.6) is 0 Å². The lowest BCUT2D eigenvalue weighted by atomic mass is 10.1. The Hall–Kier alpha value is -2.43. The van der Waals surface area contributed by atoms with Gasteiger partial charge < -0.3 is 9.88 Å². The molecule has 5 heteroatoms. The van der Waals surface area contributed by atoms with E-state index in [1.54, 1.807) is 32.2 Å². The summed E-state index contributed by atoms with van der Waals surface area (Å²) < 4.78 is 14.5. The first-order valence-electron chi connectivity index (χ1n) is 6.20. The zero-order valence-electron chi connectivity index (χ0n) is 11.3. The summed E-state index contributed by atoms with van der Waals surface area (Å²) in [7, 11) is 1.61. The Morgan fingerprint density at radius 1 is 1.30 bits per heavy atom. The fourth-order valence-corrected chi connectivity index (χ4v) is 1.83. The number of aryl methyl sites for hydroxylation is 1. The van der Waals surface area contributed by atoms with Gasteiger partial charge >= 0.3 is 0 Å². The minimum atomic E-state index is -0.362. The third kappa shape index (κ3) is 3.12. The number of carbonyl (C=O) groups is 1. The molecule has 1 aromatic heterocycles. The van der Waals surface area contributed by atoms with E-state index in [9.17, 15) is 14.0 Å². The second kappa shape index (κ2) is 5.69. The molecule has 104 valence electrons. The number of benzene rings is 1. The first kappa shape index (κ1) is 14.0. The minimum Gasteiger partial charge on any atom is -0.346 e. The highest BCUT2D eigenvalue weighted by Gasteiger charge is 2.12. The van der Waals surface area contributed by atoms with Crippen LogP contribution < -0.4 is 10.9 Å². The van der Waals surface area contributed by atoms with Crippen molar-refractivity contribution in [2.45, 2.75) is 13.0 Å². The predicted molar refractivity (Wildman–Crippen MR) is 74.0 cm³/mol. The van der Waals surface area contributed by atoms with E-state index in [-0.39, 0.29) is 28.9 Å². The Balaban J connectivity index is 2.15. The monoisotopic (exact) mass is 274 g/mol. The van der Waals surface area contributed by atoms with Gasteiger partial charge in [-0.15, -0.1) is 0 Å². The summed E-state index contributed by atoms with van der Waals surface area (Å²) in [5.41, 5.74) is 0.703. The fourth-order valence-electron chi connectivity index (χ4n) is 1.83. The molecule has 1 unspecified atom stereocenters. The number of carbonyl (C=O) groups excluding carboxylic acids is 1. The zero-order valence-corrected chi connectivity index (χ0v) is 11.3. The van der Waals surface area contributed by atoms with Crippen molar-refractivity contribution < 1.29 is 9.18 Å². The summed E-state index contributed by atoms with van der Waals surface area (Å²) in [5, 5.41) is 2.73. The lowest BCUT2D eigenvalue weighted by Crippen LogP contribution is -2.28. The van der Waals surface area contributed by atoms with Crippen LogP contribution in [0.15, 0.2) is 47.4 Å². The maximum atomic E-state index is 13.1. The van der Waals surface area contributed by atoms with Crippen LogP contribution >= 0.6 is 0 Å². The number of hydrogen-bond acceptors (Lipinski definition) is 2. The number of nitrogens with zero attached hydrogens (tertiary/aromatic N) is 1. The van der Waals surface area contributed by atoms with E-state index in [2.05, 4.69) is 5.32 Å². The van der Waals surface area contributed by atoms with E-state index in [0.29, 0.717) is 5.56 Å². The number of amides is 1. The summed E-state index contributed by atoms with van der Waals surface area (Å²) in [6.07, 6.45) is 1.53. The van der Waals surface area contributed by atoms with E-state index in [4.69, 9.17) is 0 Å². The molecule has 4 nitrogen and oxygen atoms in total. The van der Waals surface area contributed by atoms with Crippen LogP contribution in [0.2, 0.25) is 0 Å². The molecule has 0 aliphatic carbocycles. The second-order valence-corrected chi connectivity index (χ2v) is 4.61. The van der Waals surface area contributed by atoms with Gasteiger partial charge in [-0.3, -0.25) is 9.59 Å². The number of aromatic nitrogens is 1. The highest BCUT2D eigenvalue weighted by atomic mass is 19.1. The molecule has 0 spiro atoms. The van der Waals surface area contributed by atoms with Gasteiger partial charge in [0.1, 0.15) is 5.82 Å². The summed E-state index contributed by atoms with van der Waals surface area (Å²) in [6.45, 7) is 1.76. The smallest absolute Gasteiger partial charge is 0.252 e. The molecule has 1 amide bonds. The van der Waals surface area contributed by atoms with Gasteiger partial charge in [-0.25, -0.2) is 4.39 Å². The van der Waals surface area contributed by atoms with Crippen LogP contribution in [-0.4, -0.2) is 10.5 Å². The first-order valence-corrected chi connectivity index (χ1v) is 6.20. The second-order valence-electron chi connectivity index (χ2n) is 4.61. The van der Waals surface area contributed by atoms with Crippen molar-refractivity contribution in [1.82, 2.24) is 9.88 Å². The number of nitrogens with one attached hydrogen (secondary N) is 1. The molecule has 0 bridgehead atoms. The molecule has 1 atom stereocenters. The van der Waals surface area contributed by atoms with Gasteiger partial charge in [0.05, 0.1) is 6.04 Å². The summed E-state index contributed by atoms with van der Waals surface area (Å²) >= 11 is 0. The molecule has 1 heterocycles. The normalized spacial score (nSPS) is 11.9. The van der Waals surface area contributed by atoms with Gasteiger partial charge in [-0.05, 0) is 30.7 Å². The van der Waals surface area contributed by atoms with Crippen molar-refractivity contribution >= 4 is 5.91 Å². The number of rotatable bonds is 3. The van der Waals surface area contributed by atoms with Gasteiger partial charge in [0.15, 0.2) is 0 Å². The Labute approximate surface area is 115 Å².